The molecule has 20 heavy (non-hydrogen) atoms. The van der Waals surface area contributed by atoms with Gasteiger partial charge in [0, 0.05) is 17.7 Å². The molecule has 0 fully saturated rings. The average Bonchev–Trinajstić information content (AvgIpc) is 2.40. The fourth-order valence-electron chi connectivity index (χ4n) is 1.75. The number of aryl methyl sites for hydroxylation is 1. The van der Waals surface area contributed by atoms with Gasteiger partial charge < -0.3 is 11.1 Å². The number of halogens is 2. The van der Waals surface area contributed by atoms with Gasteiger partial charge in [-0.2, -0.15) is 0 Å². The van der Waals surface area contributed by atoms with Crippen LogP contribution in [0.25, 0.3) is 0 Å². The summed E-state index contributed by atoms with van der Waals surface area (Å²) in [5.41, 5.74) is 7.29. The van der Waals surface area contributed by atoms with E-state index in [0.29, 0.717) is 23.1 Å². The minimum absolute atomic E-state index is 0.0588. The molecule has 0 amide bonds. The first kappa shape index (κ1) is 14.5. The highest BCUT2D eigenvalue weighted by molar-refractivity contribution is 6.31. The highest BCUT2D eigenvalue weighted by Crippen LogP contribution is 2.25. The lowest BCUT2D eigenvalue weighted by atomic mass is 10.2. The van der Waals surface area contributed by atoms with Gasteiger partial charge in [0.05, 0.1) is 5.02 Å². The molecule has 0 aliphatic carbocycles. The van der Waals surface area contributed by atoms with Crippen molar-refractivity contribution in [3.05, 3.63) is 40.4 Å². The minimum atomic E-state index is -0.456. The Balaban J connectivity index is 2.34. The second-order valence-corrected chi connectivity index (χ2v) is 4.91. The number of nitrogens with zero attached hydrogens (tertiary/aromatic N) is 2. The molecule has 0 aliphatic heterocycles. The Morgan fingerprint density at radius 1 is 1.35 bits per heavy atom. The van der Waals surface area contributed by atoms with E-state index < -0.39 is 5.82 Å². The highest BCUT2D eigenvalue weighted by atomic mass is 35.5. The Kier molecular flexibility index (Phi) is 4.39. The third kappa shape index (κ3) is 3.17. The Labute approximate surface area is 122 Å². The van der Waals surface area contributed by atoms with Gasteiger partial charge in [0.15, 0.2) is 0 Å². The summed E-state index contributed by atoms with van der Waals surface area (Å²) in [5.74, 6) is 1.29. The number of nitrogen functional groups attached to an aromatic ring is 1. The quantitative estimate of drug-likeness (QED) is 0.899. The molecule has 0 saturated carbocycles. The second-order valence-electron chi connectivity index (χ2n) is 4.50. The van der Waals surface area contributed by atoms with E-state index in [1.165, 1.54) is 12.1 Å². The second kappa shape index (κ2) is 6.05. The molecule has 2 aromatic rings. The number of anilines is 3. The van der Waals surface area contributed by atoms with Gasteiger partial charge in [0.2, 0.25) is 0 Å². The van der Waals surface area contributed by atoms with E-state index in [9.17, 15) is 4.39 Å². The van der Waals surface area contributed by atoms with Crippen molar-refractivity contribution in [2.75, 3.05) is 11.1 Å². The SMILES string of the molecule is CCCc1nc(N)c(C)c(Nc2ccc(F)c(Cl)c2)n1. The Morgan fingerprint density at radius 3 is 2.75 bits per heavy atom. The molecule has 0 radical (unpaired) electrons. The van der Waals surface area contributed by atoms with Crippen LogP contribution in [0.3, 0.4) is 0 Å². The van der Waals surface area contributed by atoms with Crippen molar-refractivity contribution in [2.24, 2.45) is 0 Å². The summed E-state index contributed by atoms with van der Waals surface area (Å²) in [7, 11) is 0. The van der Waals surface area contributed by atoms with Crippen LogP contribution >= 0.6 is 11.6 Å². The molecule has 0 spiro atoms. The number of benzene rings is 1. The number of aromatic nitrogens is 2. The van der Waals surface area contributed by atoms with Crippen LogP contribution in [-0.2, 0) is 6.42 Å². The summed E-state index contributed by atoms with van der Waals surface area (Å²) in [6, 6.07) is 4.41. The predicted octanol–water partition coefficient (Wildman–Crippen LogP) is 3.86. The zero-order valence-corrected chi connectivity index (χ0v) is 12.1. The maximum Gasteiger partial charge on any atom is 0.141 e. The lowest BCUT2D eigenvalue weighted by Crippen LogP contribution is -2.07. The molecule has 0 aliphatic rings. The average molecular weight is 295 g/mol. The van der Waals surface area contributed by atoms with Crippen molar-refractivity contribution in [3.8, 4) is 0 Å². The molecule has 0 bridgehead atoms. The molecule has 0 saturated heterocycles. The zero-order valence-electron chi connectivity index (χ0n) is 11.4. The Bertz CT molecular complexity index is 631. The summed E-state index contributed by atoms with van der Waals surface area (Å²) in [5, 5.41) is 3.16. The van der Waals surface area contributed by atoms with Crippen molar-refractivity contribution in [1.29, 1.82) is 0 Å². The lowest BCUT2D eigenvalue weighted by molar-refractivity contribution is 0.628. The number of rotatable bonds is 4. The molecule has 1 heterocycles. The molecule has 3 N–H and O–H groups in total. The maximum absolute atomic E-state index is 13.1. The lowest BCUT2D eigenvalue weighted by Gasteiger charge is -2.12. The van der Waals surface area contributed by atoms with Crippen LogP contribution < -0.4 is 11.1 Å². The third-order valence-electron chi connectivity index (χ3n) is 2.89. The third-order valence-corrected chi connectivity index (χ3v) is 3.18. The van der Waals surface area contributed by atoms with Gasteiger partial charge in [-0.3, -0.25) is 0 Å². The normalized spacial score (nSPS) is 10.6. The van der Waals surface area contributed by atoms with Crippen molar-refractivity contribution in [2.45, 2.75) is 26.7 Å². The fraction of sp³-hybridized carbons (Fsp3) is 0.286. The van der Waals surface area contributed by atoms with Gasteiger partial charge in [-0.1, -0.05) is 18.5 Å². The summed E-state index contributed by atoms with van der Waals surface area (Å²) in [4.78, 5) is 8.67. The minimum Gasteiger partial charge on any atom is -0.383 e. The molecule has 0 unspecified atom stereocenters. The number of hydrogen-bond acceptors (Lipinski definition) is 4. The van der Waals surface area contributed by atoms with E-state index >= 15 is 0 Å². The van der Waals surface area contributed by atoms with Gasteiger partial charge >= 0.3 is 0 Å². The van der Waals surface area contributed by atoms with Gasteiger partial charge in [-0.05, 0) is 31.5 Å². The van der Waals surface area contributed by atoms with E-state index in [4.69, 9.17) is 17.3 Å². The number of nitrogens with two attached hydrogens (primary N) is 1. The first-order chi connectivity index (χ1) is 9.51. The monoisotopic (exact) mass is 294 g/mol. The van der Waals surface area contributed by atoms with Crippen LogP contribution in [0.4, 0.5) is 21.7 Å². The van der Waals surface area contributed by atoms with Gasteiger partial charge in [0.1, 0.15) is 23.3 Å². The van der Waals surface area contributed by atoms with E-state index in [0.717, 1.165) is 18.4 Å². The molecular weight excluding hydrogens is 279 g/mol. The first-order valence-electron chi connectivity index (χ1n) is 6.36. The Morgan fingerprint density at radius 2 is 2.10 bits per heavy atom. The molecule has 106 valence electrons. The van der Waals surface area contributed by atoms with Crippen molar-refractivity contribution < 1.29 is 4.39 Å². The number of hydrogen-bond donors (Lipinski definition) is 2. The summed E-state index contributed by atoms with van der Waals surface area (Å²) in [6.07, 6.45) is 1.69. The van der Waals surface area contributed by atoms with Crippen LogP contribution in [0, 0.1) is 12.7 Å². The van der Waals surface area contributed by atoms with E-state index in [1.54, 1.807) is 6.07 Å². The molecule has 1 aromatic heterocycles. The molecule has 2 rings (SSSR count). The van der Waals surface area contributed by atoms with Crippen LogP contribution in [0.1, 0.15) is 24.7 Å². The van der Waals surface area contributed by atoms with Gasteiger partial charge in [0.25, 0.3) is 0 Å². The summed E-state index contributed by atoms with van der Waals surface area (Å²) in [6.45, 7) is 3.88. The first-order valence-corrected chi connectivity index (χ1v) is 6.74. The standard InChI is InChI=1S/C14H16ClFN4/c1-3-4-12-19-13(17)8(2)14(20-12)18-9-5-6-11(16)10(15)7-9/h5-7H,3-4H2,1-2H3,(H3,17,18,19,20). The van der Waals surface area contributed by atoms with Crippen molar-refractivity contribution in [1.82, 2.24) is 9.97 Å². The van der Waals surface area contributed by atoms with E-state index in [1.807, 2.05) is 13.8 Å². The van der Waals surface area contributed by atoms with Gasteiger partial charge in [-0.15, -0.1) is 0 Å². The van der Waals surface area contributed by atoms with Gasteiger partial charge in [-0.25, -0.2) is 14.4 Å². The Hall–Kier alpha value is -1.88. The van der Waals surface area contributed by atoms with E-state index in [-0.39, 0.29) is 5.02 Å². The summed E-state index contributed by atoms with van der Waals surface area (Å²) >= 11 is 5.76. The number of nitrogens with one attached hydrogen (secondary N) is 1. The van der Waals surface area contributed by atoms with E-state index in [2.05, 4.69) is 15.3 Å². The van der Waals surface area contributed by atoms with Crippen LogP contribution in [-0.4, -0.2) is 9.97 Å². The topological polar surface area (TPSA) is 63.8 Å². The molecule has 4 nitrogen and oxygen atoms in total. The van der Waals surface area contributed by atoms with Crippen LogP contribution in [0.2, 0.25) is 5.02 Å². The smallest absolute Gasteiger partial charge is 0.141 e. The highest BCUT2D eigenvalue weighted by Gasteiger charge is 2.09. The van der Waals surface area contributed by atoms with Crippen molar-refractivity contribution >= 4 is 28.9 Å². The maximum atomic E-state index is 13.1. The fourth-order valence-corrected chi connectivity index (χ4v) is 1.93. The van der Waals surface area contributed by atoms with Crippen molar-refractivity contribution in [3.63, 3.8) is 0 Å². The summed E-state index contributed by atoms with van der Waals surface area (Å²) < 4.78 is 13.1. The van der Waals surface area contributed by atoms with Crippen LogP contribution in [0.15, 0.2) is 18.2 Å². The van der Waals surface area contributed by atoms with Crippen LogP contribution in [0.5, 0.6) is 0 Å². The molecule has 0 atom stereocenters. The predicted molar refractivity (Wildman–Crippen MR) is 79.9 cm³/mol. The molecule has 6 heteroatoms. The largest absolute Gasteiger partial charge is 0.383 e. The zero-order chi connectivity index (χ0) is 14.7. The molecular formula is C14H16ClFN4. The molecule has 1 aromatic carbocycles.